The van der Waals surface area contributed by atoms with Crippen molar-refractivity contribution in [3.05, 3.63) is 58.6 Å². The number of methoxy groups -OCH3 is 1. The van der Waals surface area contributed by atoms with Gasteiger partial charge in [0, 0.05) is 10.7 Å². The number of aryl methyl sites for hydroxylation is 1. The number of hydrogen-bond donors (Lipinski definition) is 1. The zero-order valence-electron chi connectivity index (χ0n) is 15.7. The largest absolute Gasteiger partial charge is 0.479 e. The van der Waals surface area contributed by atoms with E-state index in [1.165, 1.54) is 20.1 Å². The highest BCUT2D eigenvalue weighted by Gasteiger charge is 2.18. The first-order valence-electron chi connectivity index (χ1n) is 8.38. The Morgan fingerprint density at radius 1 is 1.11 bits per heavy atom. The van der Waals surface area contributed by atoms with Gasteiger partial charge in [0.2, 0.25) is 0 Å². The van der Waals surface area contributed by atoms with E-state index in [1.54, 1.807) is 43.3 Å². The minimum absolute atomic E-state index is 0.297. The van der Waals surface area contributed by atoms with E-state index in [0.29, 0.717) is 22.0 Å². The van der Waals surface area contributed by atoms with E-state index in [2.05, 4.69) is 10.1 Å². The van der Waals surface area contributed by atoms with Gasteiger partial charge in [-0.1, -0.05) is 17.7 Å². The molecular weight excluding hydrogens is 386 g/mol. The van der Waals surface area contributed by atoms with E-state index < -0.39 is 30.6 Å². The Labute approximate surface area is 167 Å². The van der Waals surface area contributed by atoms with Gasteiger partial charge in [-0.05, 0) is 55.8 Å². The third-order valence-electron chi connectivity index (χ3n) is 3.74. The Kier molecular flexibility index (Phi) is 7.40. The van der Waals surface area contributed by atoms with Gasteiger partial charge in [0.1, 0.15) is 5.75 Å². The van der Waals surface area contributed by atoms with E-state index in [4.69, 9.17) is 21.1 Å². The van der Waals surface area contributed by atoms with Crippen molar-refractivity contribution in [2.24, 2.45) is 0 Å². The molecule has 2 aromatic rings. The highest BCUT2D eigenvalue weighted by Crippen LogP contribution is 2.18. The van der Waals surface area contributed by atoms with Crippen LogP contribution in [-0.4, -0.2) is 37.7 Å². The average Bonchev–Trinajstić information content (AvgIpc) is 2.68. The summed E-state index contributed by atoms with van der Waals surface area (Å²) in [4.78, 5) is 35.7. The van der Waals surface area contributed by atoms with Crippen LogP contribution in [0.15, 0.2) is 42.5 Å². The molecule has 148 valence electrons. The number of halogens is 1. The Bertz CT molecular complexity index is 865. The van der Waals surface area contributed by atoms with Crippen molar-refractivity contribution < 1.29 is 28.6 Å². The van der Waals surface area contributed by atoms with Gasteiger partial charge < -0.3 is 19.5 Å². The predicted octanol–water partition coefficient (Wildman–Crippen LogP) is 3.38. The molecule has 0 aliphatic rings. The van der Waals surface area contributed by atoms with Crippen LogP contribution in [0.25, 0.3) is 0 Å². The fourth-order valence-corrected chi connectivity index (χ4v) is 2.33. The van der Waals surface area contributed by atoms with Gasteiger partial charge >= 0.3 is 11.9 Å². The number of rotatable bonds is 7. The summed E-state index contributed by atoms with van der Waals surface area (Å²) in [5, 5.41) is 3.15. The molecule has 28 heavy (non-hydrogen) atoms. The maximum absolute atomic E-state index is 12.1. The van der Waals surface area contributed by atoms with Crippen LogP contribution in [0, 0.1) is 6.92 Å². The van der Waals surface area contributed by atoms with Crippen molar-refractivity contribution in [2.45, 2.75) is 20.0 Å². The third kappa shape index (κ3) is 5.99. The normalized spacial score (nSPS) is 11.3. The van der Waals surface area contributed by atoms with Crippen LogP contribution in [0.2, 0.25) is 5.02 Å². The van der Waals surface area contributed by atoms with Gasteiger partial charge in [-0.25, -0.2) is 9.59 Å². The molecule has 1 atom stereocenters. The summed E-state index contributed by atoms with van der Waals surface area (Å²) in [5.74, 6) is -1.30. The van der Waals surface area contributed by atoms with Crippen LogP contribution in [0.3, 0.4) is 0 Å². The first-order chi connectivity index (χ1) is 13.3. The second kappa shape index (κ2) is 9.75. The zero-order chi connectivity index (χ0) is 20.7. The minimum atomic E-state index is -0.904. The first kappa shape index (κ1) is 21.2. The molecule has 2 aromatic carbocycles. The summed E-state index contributed by atoms with van der Waals surface area (Å²) in [7, 11) is 1.27. The summed E-state index contributed by atoms with van der Waals surface area (Å²) >= 11 is 5.79. The monoisotopic (exact) mass is 405 g/mol. The Morgan fingerprint density at radius 2 is 1.79 bits per heavy atom. The molecule has 7 nitrogen and oxygen atoms in total. The van der Waals surface area contributed by atoms with Crippen LogP contribution < -0.4 is 10.1 Å². The van der Waals surface area contributed by atoms with Gasteiger partial charge in [0.25, 0.3) is 5.91 Å². The zero-order valence-corrected chi connectivity index (χ0v) is 16.4. The number of hydrogen-bond acceptors (Lipinski definition) is 6. The number of anilines is 1. The lowest BCUT2D eigenvalue weighted by Crippen LogP contribution is -2.29. The Hall–Kier alpha value is -3.06. The van der Waals surface area contributed by atoms with Gasteiger partial charge in [0.15, 0.2) is 12.7 Å². The molecule has 0 bridgehead atoms. The summed E-state index contributed by atoms with van der Waals surface area (Å²) < 4.78 is 15.1. The molecule has 0 aromatic heterocycles. The first-order valence-corrected chi connectivity index (χ1v) is 8.75. The van der Waals surface area contributed by atoms with Crippen molar-refractivity contribution >= 4 is 35.1 Å². The molecule has 0 heterocycles. The molecule has 0 fully saturated rings. The number of carbonyl (C=O) groups is 3. The van der Waals surface area contributed by atoms with E-state index >= 15 is 0 Å². The van der Waals surface area contributed by atoms with Crippen LogP contribution in [0.1, 0.15) is 22.8 Å². The van der Waals surface area contributed by atoms with Gasteiger partial charge in [-0.3, -0.25) is 4.79 Å². The lowest BCUT2D eigenvalue weighted by molar-refractivity contribution is -0.153. The van der Waals surface area contributed by atoms with Gasteiger partial charge in [-0.2, -0.15) is 0 Å². The van der Waals surface area contributed by atoms with Crippen LogP contribution in [-0.2, 0) is 19.1 Å². The van der Waals surface area contributed by atoms with Crippen molar-refractivity contribution in [1.82, 2.24) is 0 Å². The van der Waals surface area contributed by atoms with Crippen molar-refractivity contribution in [3.8, 4) is 5.75 Å². The molecule has 0 spiro atoms. The maximum Gasteiger partial charge on any atom is 0.347 e. The average molecular weight is 406 g/mol. The van der Waals surface area contributed by atoms with E-state index in [-0.39, 0.29) is 0 Å². The molecule has 0 saturated carbocycles. The van der Waals surface area contributed by atoms with Crippen LogP contribution >= 0.6 is 11.6 Å². The lowest BCUT2D eigenvalue weighted by atomic mass is 10.1. The van der Waals surface area contributed by atoms with E-state index in [0.717, 1.165) is 5.56 Å². The molecule has 0 aliphatic heterocycles. The number of esters is 2. The lowest BCUT2D eigenvalue weighted by Gasteiger charge is -2.14. The number of benzene rings is 2. The summed E-state index contributed by atoms with van der Waals surface area (Å²) in [5.41, 5.74) is 1.46. The molecule has 0 saturated heterocycles. The fraction of sp³-hybridized carbons (Fsp3) is 0.250. The van der Waals surface area contributed by atoms with Crippen molar-refractivity contribution in [2.75, 3.05) is 19.0 Å². The number of carbonyl (C=O) groups excluding carboxylic acids is 3. The molecule has 8 heteroatoms. The summed E-state index contributed by atoms with van der Waals surface area (Å²) in [6, 6.07) is 11.3. The fourth-order valence-electron chi connectivity index (χ4n) is 2.21. The molecule has 2 rings (SSSR count). The summed E-state index contributed by atoms with van der Waals surface area (Å²) in [6.07, 6.45) is -0.904. The smallest absolute Gasteiger partial charge is 0.347 e. The predicted molar refractivity (Wildman–Crippen MR) is 104 cm³/mol. The number of nitrogens with one attached hydrogen (secondary N) is 1. The molecule has 0 unspecified atom stereocenters. The number of ether oxygens (including phenoxy) is 3. The standard InChI is InChI=1S/C20H20ClNO6/c1-12-4-5-14(20(25)26-3)10-17(12)22-18(23)11-27-19(24)13(2)28-16-8-6-15(21)7-9-16/h4-10,13H,11H2,1-3H3,(H,22,23)/t13-/m1/s1. The molecule has 0 radical (unpaired) electrons. The second-order valence-electron chi connectivity index (χ2n) is 5.89. The highest BCUT2D eigenvalue weighted by molar-refractivity contribution is 6.30. The van der Waals surface area contributed by atoms with Crippen LogP contribution in [0.4, 0.5) is 5.69 Å². The SMILES string of the molecule is COC(=O)c1ccc(C)c(NC(=O)COC(=O)[C@@H](C)Oc2ccc(Cl)cc2)c1. The highest BCUT2D eigenvalue weighted by atomic mass is 35.5. The van der Waals surface area contributed by atoms with Crippen LogP contribution in [0.5, 0.6) is 5.75 Å². The second-order valence-corrected chi connectivity index (χ2v) is 6.33. The van der Waals surface area contributed by atoms with Gasteiger partial charge in [-0.15, -0.1) is 0 Å². The Balaban J connectivity index is 1.88. The summed E-state index contributed by atoms with van der Waals surface area (Å²) in [6.45, 7) is 2.79. The Morgan fingerprint density at radius 3 is 2.43 bits per heavy atom. The topological polar surface area (TPSA) is 90.9 Å². The van der Waals surface area contributed by atoms with Gasteiger partial charge in [0.05, 0.1) is 12.7 Å². The number of amides is 1. The molecule has 1 amide bonds. The molecule has 1 N–H and O–H groups in total. The molecule has 0 aliphatic carbocycles. The van der Waals surface area contributed by atoms with Crippen molar-refractivity contribution in [3.63, 3.8) is 0 Å². The molecular formula is C20H20ClNO6. The third-order valence-corrected chi connectivity index (χ3v) is 3.99. The quantitative estimate of drug-likeness (QED) is 0.710. The van der Waals surface area contributed by atoms with E-state index in [1.807, 2.05) is 0 Å². The minimum Gasteiger partial charge on any atom is -0.479 e. The van der Waals surface area contributed by atoms with Crippen molar-refractivity contribution in [1.29, 1.82) is 0 Å². The maximum atomic E-state index is 12.1. The van der Waals surface area contributed by atoms with E-state index in [9.17, 15) is 14.4 Å².